The van der Waals surface area contributed by atoms with Gasteiger partial charge in [-0.05, 0) is 129 Å². The first-order chi connectivity index (χ1) is 16.0. The molecule has 7 rings (SSSR count). The van der Waals surface area contributed by atoms with E-state index in [-0.39, 0.29) is 5.91 Å². The molecule has 2 aromatic carbocycles. The number of amides is 1. The number of rotatable bonds is 5. The highest BCUT2D eigenvalue weighted by Gasteiger charge is 2.51. The minimum atomic E-state index is -0.0177. The fourth-order valence-electron chi connectivity index (χ4n) is 7.81. The van der Waals surface area contributed by atoms with Crippen molar-refractivity contribution < 1.29 is 4.79 Å². The van der Waals surface area contributed by atoms with Crippen LogP contribution in [0.4, 0.5) is 5.69 Å². The largest absolute Gasteiger partial charge is 0.322 e. The van der Waals surface area contributed by atoms with Crippen molar-refractivity contribution in [1.82, 2.24) is 4.90 Å². The van der Waals surface area contributed by atoms with Crippen LogP contribution >= 0.6 is 0 Å². The van der Waals surface area contributed by atoms with Crippen LogP contribution in [0.25, 0.3) is 0 Å². The molecule has 5 aliphatic rings. The second-order valence-corrected chi connectivity index (χ2v) is 11.9. The highest BCUT2D eigenvalue weighted by molar-refractivity contribution is 6.04. The number of carbonyl (C=O) groups is 1. The molecular weight excluding hydrogens is 404 g/mol. The maximum Gasteiger partial charge on any atom is 0.255 e. The van der Waals surface area contributed by atoms with Crippen molar-refractivity contribution in [2.24, 2.45) is 23.7 Å². The third-order valence-corrected chi connectivity index (χ3v) is 9.29. The van der Waals surface area contributed by atoms with Gasteiger partial charge in [-0.25, -0.2) is 0 Å². The van der Waals surface area contributed by atoms with Crippen LogP contribution in [-0.2, 0) is 12.0 Å². The van der Waals surface area contributed by atoms with E-state index >= 15 is 0 Å². The van der Waals surface area contributed by atoms with Crippen LogP contribution in [0, 0.1) is 23.7 Å². The van der Waals surface area contributed by atoms with Gasteiger partial charge in [0.05, 0.1) is 0 Å². The molecule has 2 aromatic rings. The maximum absolute atomic E-state index is 12.8. The monoisotopic (exact) mass is 442 g/mol. The molecule has 0 spiro atoms. The zero-order valence-corrected chi connectivity index (χ0v) is 20.1. The van der Waals surface area contributed by atoms with Gasteiger partial charge in [-0.1, -0.05) is 31.2 Å². The smallest absolute Gasteiger partial charge is 0.255 e. The molecule has 1 N–H and O–H groups in total. The fraction of sp³-hybridized carbons (Fsp3) is 0.567. The van der Waals surface area contributed by atoms with E-state index in [1.54, 1.807) is 0 Å². The number of hydrogen-bond acceptors (Lipinski definition) is 2. The molecule has 3 heteroatoms. The summed E-state index contributed by atoms with van der Waals surface area (Å²) in [5.74, 6) is 3.70. The minimum Gasteiger partial charge on any atom is -0.322 e. The molecule has 4 bridgehead atoms. The van der Waals surface area contributed by atoms with E-state index in [0.29, 0.717) is 5.41 Å². The van der Waals surface area contributed by atoms with Gasteiger partial charge in [0.15, 0.2) is 0 Å². The number of carbonyl (C=O) groups excluding carboxylic acids is 1. The quantitative estimate of drug-likeness (QED) is 0.563. The van der Waals surface area contributed by atoms with Crippen LogP contribution in [0.2, 0.25) is 0 Å². The van der Waals surface area contributed by atoms with Crippen molar-refractivity contribution in [2.75, 3.05) is 18.4 Å². The Hall–Kier alpha value is -2.13. The standard InChI is InChI=1S/C30H38N2O/c1-21-10-12-32(13-11-21)20-22-2-4-26(5-3-22)29(33)31-28-8-6-27(7-9-28)30-17-23-14-24(18-30)16-25(15-23)19-30/h2-9,21,23-25H,10-20H2,1H3,(H,31,33). The van der Waals surface area contributed by atoms with Crippen molar-refractivity contribution in [2.45, 2.75) is 70.3 Å². The summed E-state index contributed by atoms with van der Waals surface area (Å²) in [5.41, 5.74) is 4.85. The Balaban J connectivity index is 1.08. The van der Waals surface area contributed by atoms with Gasteiger partial charge >= 0.3 is 0 Å². The molecule has 1 aliphatic heterocycles. The first kappa shape index (κ1) is 21.4. The van der Waals surface area contributed by atoms with Crippen molar-refractivity contribution >= 4 is 11.6 Å². The second kappa shape index (κ2) is 8.58. The maximum atomic E-state index is 12.8. The summed E-state index contributed by atoms with van der Waals surface area (Å²) in [4.78, 5) is 15.4. The molecule has 0 aromatic heterocycles. The summed E-state index contributed by atoms with van der Waals surface area (Å²) in [7, 11) is 0. The average molecular weight is 443 g/mol. The lowest BCUT2D eigenvalue weighted by Gasteiger charge is -2.57. The molecule has 33 heavy (non-hydrogen) atoms. The summed E-state index contributed by atoms with van der Waals surface area (Å²) >= 11 is 0. The molecule has 1 saturated heterocycles. The van der Waals surface area contributed by atoms with Gasteiger partial charge in [0.1, 0.15) is 0 Å². The van der Waals surface area contributed by atoms with Gasteiger partial charge < -0.3 is 5.32 Å². The molecule has 4 saturated carbocycles. The molecule has 5 fully saturated rings. The molecule has 0 atom stereocenters. The Morgan fingerprint density at radius 2 is 1.45 bits per heavy atom. The Morgan fingerprint density at radius 1 is 0.879 bits per heavy atom. The lowest BCUT2D eigenvalue weighted by molar-refractivity contribution is -0.00518. The zero-order chi connectivity index (χ0) is 22.4. The summed E-state index contributed by atoms with van der Waals surface area (Å²) in [6.07, 6.45) is 11.2. The summed E-state index contributed by atoms with van der Waals surface area (Å²) in [6, 6.07) is 17.0. The van der Waals surface area contributed by atoms with Gasteiger partial charge in [-0.15, -0.1) is 0 Å². The van der Waals surface area contributed by atoms with E-state index in [0.717, 1.165) is 41.5 Å². The van der Waals surface area contributed by atoms with Crippen molar-refractivity contribution in [3.05, 3.63) is 65.2 Å². The molecule has 4 aliphatic carbocycles. The van der Waals surface area contributed by atoms with Crippen LogP contribution < -0.4 is 5.32 Å². The highest BCUT2D eigenvalue weighted by Crippen LogP contribution is 2.60. The topological polar surface area (TPSA) is 32.3 Å². The van der Waals surface area contributed by atoms with Crippen molar-refractivity contribution in [3.8, 4) is 0 Å². The van der Waals surface area contributed by atoms with Crippen LogP contribution in [-0.4, -0.2) is 23.9 Å². The van der Waals surface area contributed by atoms with Crippen LogP contribution in [0.3, 0.4) is 0 Å². The third-order valence-electron chi connectivity index (χ3n) is 9.29. The lowest BCUT2D eigenvalue weighted by atomic mass is 9.48. The molecule has 174 valence electrons. The normalized spacial score (nSPS) is 31.6. The second-order valence-electron chi connectivity index (χ2n) is 11.9. The number of likely N-dealkylation sites (tertiary alicyclic amines) is 1. The Morgan fingerprint density at radius 3 is 2.03 bits per heavy atom. The van der Waals surface area contributed by atoms with Crippen LogP contribution in [0.1, 0.15) is 79.8 Å². The van der Waals surface area contributed by atoms with E-state index in [1.807, 2.05) is 12.1 Å². The van der Waals surface area contributed by atoms with E-state index < -0.39 is 0 Å². The number of nitrogens with zero attached hydrogens (tertiary/aromatic N) is 1. The summed E-state index contributed by atoms with van der Waals surface area (Å²) < 4.78 is 0. The molecule has 1 amide bonds. The van der Waals surface area contributed by atoms with Crippen molar-refractivity contribution in [3.63, 3.8) is 0 Å². The van der Waals surface area contributed by atoms with E-state index in [4.69, 9.17) is 0 Å². The minimum absolute atomic E-state index is 0.0177. The fourth-order valence-corrected chi connectivity index (χ4v) is 7.81. The Bertz CT molecular complexity index is 950. The molecule has 3 nitrogen and oxygen atoms in total. The molecule has 0 unspecified atom stereocenters. The summed E-state index contributed by atoms with van der Waals surface area (Å²) in [5, 5.41) is 3.12. The summed E-state index contributed by atoms with van der Waals surface area (Å²) in [6.45, 7) is 5.70. The van der Waals surface area contributed by atoms with Crippen LogP contribution in [0.5, 0.6) is 0 Å². The molecular formula is C30H38N2O. The van der Waals surface area contributed by atoms with Gasteiger partial charge in [0, 0.05) is 17.8 Å². The predicted molar refractivity (Wildman–Crippen MR) is 134 cm³/mol. The first-order valence-electron chi connectivity index (χ1n) is 13.3. The van der Waals surface area contributed by atoms with Gasteiger partial charge in [-0.3, -0.25) is 9.69 Å². The Labute approximate surface area is 199 Å². The number of nitrogens with one attached hydrogen (secondary N) is 1. The Kier molecular flexibility index (Phi) is 5.57. The SMILES string of the molecule is CC1CCN(Cc2ccc(C(=O)Nc3ccc(C45CC6CC(CC(C6)C4)C5)cc3)cc2)CC1. The first-order valence-corrected chi connectivity index (χ1v) is 13.3. The average Bonchev–Trinajstić information content (AvgIpc) is 2.81. The van der Waals surface area contributed by atoms with Gasteiger partial charge in [-0.2, -0.15) is 0 Å². The number of hydrogen-bond donors (Lipinski definition) is 1. The van der Waals surface area contributed by atoms with Gasteiger partial charge in [0.2, 0.25) is 0 Å². The van der Waals surface area contributed by atoms with Crippen LogP contribution in [0.15, 0.2) is 48.5 Å². The number of anilines is 1. The number of piperidine rings is 1. The van der Waals surface area contributed by atoms with Gasteiger partial charge in [0.25, 0.3) is 5.91 Å². The van der Waals surface area contributed by atoms with E-state index in [9.17, 15) is 4.79 Å². The molecule has 0 radical (unpaired) electrons. The van der Waals surface area contributed by atoms with E-state index in [2.05, 4.69) is 53.5 Å². The number of benzene rings is 2. The zero-order valence-electron chi connectivity index (χ0n) is 20.1. The van der Waals surface area contributed by atoms with Crippen molar-refractivity contribution in [1.29, 1.82) is 0 Å². The highest BCUT2D eigenvalue weighted by atomic mass is 16.1. The lowest BCUT2D eigenvalue weighted by Crippen LogP contribution is -2.48. The third kappa shape index (κ3) is 4.37. The predicted octanol–water partition coefficient (Wildman–Crippen LogP) is 6.64. The van der Waals surface area contributed by atoms with E-state index in [1.165, 1.54) is 75.6 Å². The molecule has 1 heterocycles.